The van der Waals surface area contributed by atoms with E-state index >= 15 is 0 Å². The number of nitro benzene ring substituents is 1. The highest BCUT2D eigenvalue weighted by atomic mass is 32.2. The Morgan fingerprint density at radius 1 is 1.45 bits per heavy atom. The van der Waals surface area contributed by atoms with Crippen molar-refractivity contribution in [3.8, 4) is 0 Å². The fourth-order valence-corrected chi connectivity index (χ4v) is 2.72. The third-order valence-corrected chi connectivity index (χ3v) is 3.88. The molecular formula is C10H9FN4O4S. The van der Waals surface area contributed by atoms with E-state index in [0.717, 1.165) is 18.2 Å². The summed E-state index contributed by atoms with van der Waals surface area (Å²) >= 11 is 0. The van der Waals surface area contributed by atoms with Gasteiger partial charge in [0.2, 0.25) is 15.8 Å². The van der Waals surface area contributed by atoms with Crippen LogP contribution in [-0.4, -0.2) is 23.5 Å². The van der Waals surface area contributed by atoms with Crippen LogP contribution in [0.5, 0.6) is 0 Å². The molecule has 0 fully saturated rings. The largest absolute Gasteiger partial charge is 0.324 e. The van der Waals surface area contributed by atoms with E-state index < -0.39 is 31.3 Å². The normalized spacial score (nSPS) is 11.4. The number of halogens is 1. The predicted octanol–water partition coefficient (Wildman–Crippen LogP) is 0.935. The van der Waals surface area contributed by atoms with E-state index in [0.29, 0.717) is 5.56 Å². The Bertz CT molecular complexity index is 730. The second-order valence-corrected chi connectivity index (χ2v) is 5.51. The molecule has 106 valence electrons. The van der Waals surface area contributed by atoms with Crippen molar-refractivity contribution in [1.82, 2.24) is 14.9 Å². The zero-order valence-electron chi connectivity index (χ0n) is 9.91. The van der Waals surface area contributed by atoms with Gasteiger partial charge < -0.3 is 0 Å². The summed E-state index contributed by atoms with van der Waals surface area (Å²) in [6.07, 6.45) is 2.85. The summed E-state index contributed by atoms with van der Waals surface area (Å²) in [4.78, 5) is 9.00. The van der Waals surface area contributed by atoms with Crippen molar-refractivity contribution in [2.24, 2.45) is 0 Å². The molecule has 1 aromatic carbocycles. The maximum atomic E-state index is 13.4. The van der Waals surface area contributed by atoms with Gasteiger partial charge in [0.1, 0.15) is 0 Å². The van der Waals surface area contributed by atoms with E-state index in [1.807, 2.05) is 0 Å². The zero-order valence-corrected chi connectivity index (χ0v) is 10.7. The lowest BCUT2D eigenvalue weighted by molar-refractivity contribution is -0.390. The van der Waals surface area contributed by atoms with Crippen molar-refractivity contribution in [1.29, 1.82) is 0 Å². The number of para-hydroxylation sites is 1. The van der Waals surface area contributed by atoms with Gasteiger partial charge >= 0.3 is 5.69 Å². The monoisotopic (exact) mass is 300 g/mol. The minimum atomic E-state index is -4.21. The number of rotatable bonds is 5. The Labute approximate surface area is 112 Å². The number of benzene rings is 1. The fraction of sp³-hybridized carbons (Fsp3) is 0.100. The number of aromatic amines is 1. The van der Waals surface area contributed by atoms with Crippen molar-refractivity contribution in [3.63, 3.8) is 0 Å². The van der Waals surface area contributed by atoms with E-state index in [9.17, 15) is 22.9 Å². The second-order valence-electron chi connectivity index (χ2n) is 3.77. The number of sulfonamides is 1. The molecule has 0 aliphatic rings. The molecule has 0 saturated heterocycles. The van der Waals surface area contributed by atoms with Crippen LogP contribution in [0.2, 0.25) is 0 Å². The van der Waals surface area contributed by atoms with Gasteiger partial charge in [-0.05, 0) is 12.1 Å². The lowest BCUT2D eigenvalue weighted by Gasteiger charge is -2.06. The number of nitrogens with zero attached hydrogens (tertiary/aromatic N) is 2. The van der Waals surface area contributed by atoms with Crippen LogP contribution in [0.3, 0.4) is 0 Å². The quantitative estimate of drug-likeness (QED) is 0.629. The number of nitrogens with one attached hydrogen (secondary N) is 2. The molecule has 20 heavy (non-hydrogen) atoms. The molecule has 0 aliphatic carbocycles. The standard InChI is InChI=1S/C10H9FN4O4S/c11-8-2-1-3-9(10(8)15(16)17)20(18,19)14-6-7-4-12-13-5-7/h1-5,14H,6H2,(H,12,13). The lowest BCUT2D eigenvalue weighted by atomic mass is 10.3. The fourth-order valence-electron chi connectivity index (χ4n) is 1.52. The van der Waals surface area contributed by atoms with Gasteiger partial charge in [-0.1, -0.05) is 6.07 Å². The van der Waals surface area contributed by atoms with Crippen molar-refractivity contribution < 1.29 is 17.7 Å². The van der Waals surface area contributed by atoms with Crippen molar-refractivity contribution in [2.75, 3.05) is 0 Å². The van der Waals surface area contributed by atoms with Crippen LogP contribution in [0.1, 0.15) is 5.56 Å². The number of hydrogen-bond donors (Lipinski definition) is 2. The highest BCUT2D eigenvalue weighted by molar-refractivity contribution is 7.89. The van der Waals surface area contributed by atoms with Crippen LogP contribution in [0.4, 0.5) is 10.1 Å². The number of aromatic nitrogens is 2. The van der Waals surface area contributed by atoms with Crippen LogP contribution in [-0.2, 0) is 16.6 Å². The van der Waals surface area contributed by atoms with E-state index in [1.165, 1.54) is 12.4 Å². The predicted molar refractivity (Wildman–Crippen MR) is 65.7 cm³/mol. The van der Waals surface area contributed by atoms with Crippen LogP contribution in [0, 0.1) is 15.9 Å². The summed E-state index contributed by atoms with van der Waals surface area (Å²) in [6.45, 7) is -0.119. The molecule has 0 radical (unpaired) electrons. The molecule has 10 heteroatoms. The molecule has 0 unspecified atom stereocenters. The first-order valence-corrected chi connectivity index (χ1v) is 6.80. The highest BCUT2D eigenvalue weighted by Crippen LogP contribution is 2.26. The number of H-pyrrole nitrogens is 1. The minimum absolute atomic E-state index is 0.119. The van der Waals surface area contributed by atoms with Crippen LogP contribution in [0.15, 0.2) is 35.5 Å². The molecule has 0 saturated carbocycles. The molecule has 2 N–H and O–H groups in total. The first kappa shape index (κ1) is 14.1. The van der Waals surface area contributed by atoms with Crippen molar-refractivity contribution in [2.45, 2.75) is 11.4 Å². The first-order chi connectivity index (χ1) is 9.42. The van der Waals surface area contributed by atoms with Gasteiger partial charge in [-0.25, -0.2) is 13.1 Å². The number of hydrogen-bond acceptors (Lipinski definition) is 5. The van der Waals surface area contributed by atoms with Gasteiger partial charge in [-0.3, -0.25) is 15.2 Å². The number of nitro groups is 1. The SMILES string of the molecule is O=[N+]([O-])c1c(F)cccc1S(=O)(=O)NCc1cn[nH]c1. The molecule has 0 bridgehead atoms. The molecule has 1 aromatic heterocycles. The summed E-state index contributed by atoms with van der Waals surface area (Å²) in [6, 6.07) is 2.89. The van der Waals surface area contributed by atoms with E-state index in [4.69, 9.17) is 0 Å². The Kier molecular flexibility index (Phi) is 3.77. The maximum absolute atomic E-state index is 13.4. The van der Waals surface area contributed by atoms with Gasteiger partial charge in [0.25, 0.3) is 0 Å². The van der Waals surface area contributed by atoms with E-state index in [2.05, 4.69) is 14.9 Å². The van der Waals surface area contributed by atoms with Gasteiger partial charge in [0.15, 0.2) is 4.90 Å². The molecule has 0 atom stereocenters. The lowest BCUT2D eigenvalue weighted by Crippen LogP contribution is -2.24. The smallest absolute Gasteiger partial charge is 0.285 e. The average Bonchev–Trinajstić information content (AvgIpc) is 2.89. The topological polar surface area (TPSA) is 118 Å². The molecule has 2 aromatic rings. The minimum Gasteiger partial charge on any atom is -0.285 e. The van der Waals surface area contributed by atoms with Crippen LogP contribution < -0.4 is 4.72 Å². The maximum Gasteiger partial charge on any atom is 0.324 e. The second kappa shape index (κ2) is 5.35. The summed E-state index contributed by atoms with van der Waals surface area (Å²) in [5.41, 5.74) is -0.542. The highest BCUT2D eigenvalue weighted by Gasteiger charge is 2.29. The summed E-state index contributed by atoms with van der Waals surface area (Å²) < 4.78 is 39.5. The first-order valence-electron chi connectivity index (χ1n) is 5.32. The van der Waals surface area contributed by atoms with E-state index in [-0.39, 0.29) is 6.54 Å². The molecule has 0 aliphatic heterocycles. The molecule has 2 rings (SSSR count). The molecule has 8 nitrogen and oxygen atoms in total. The Hall–Kier alpha value is -2.33. The summed E-state index contributed by atoms with van der Waals surface area (Å²) in [5, 5.41) is 16.9. The van der Waals surface area contributed by atoms with Gasteiger partial charge in [-0.2, -0.15) is 9.49 Å². The molecule has 1 heterocycles. The molecule has 0 amide bonds. The average molecular weight is 300 g/mol. The Morgan fingerprint density at radius 3 is 2.80 bits per heavy atom. The van der Waals surface area contributed by atoms with Crippen molar-refractivity contribution >= 4 is 15.7 Å². The Balaban J connectivity index is 2.34. The zero-order chi connectivity index (χ0) is 14.8. The van der Waals surface area contributed by atoms with Crippen LogP contribution >= 0.6 is 0 Å². The molecular weight excluding hydrogens is 291 g/mol. The third-order valence-electron chi connectivity index (χ3n) is 2.44. The van der Waals surface area contributed by atoms with Crippen LogP contribution in [0.25, 0.3) is 0 Å². The van der Waals surface area contributed by atoms with Gasteiger partial charge in [0, 0.05) is 18.3 Å². The van der Waals surface area contributed by atoms with E-state index in [1.54, 1.807) is 0 Å². The van der Waals surface area contributed by atoms with Crippen molar-refractivity contribution in [3.05, 3.63) is 52.1 Å². The third kappa shape index (κ3) is 2.81. The van der Waals surface area contributed by atoms with Gasteiger partial charge in [-0.15, -0.1) is 0 Å². The summed E-state index contributed by atoms with van der Waals surface area (Å²) in [5.74, 6) is -1.21. The molecule has 0 spiro atoms. The summed E-state index contributed by atoms with van der Waals surface area (Å²) in [7, 11) is -4.21. The Morgan fingerprint density at radius 2 is 2.20 bits per heavy atom. The van der Waals surface area contributed by atoms with Gasteiger partial charge in [0.05, 0.1) is 11.1 Å².